The average Bonchev–Trinajstić information content (AvgIpc) is 3.31. The van der Waals surface area contributed by atoms with E-state index in [1.165, 1.54) is 12.1 Å². The van der Waals surface area contributed by atoms with Crippen LogP contribution in [0.25, 0.3) is 10.9 Å². The normalized spacial score (nSPS) is 18.5. The second-order valence-corrected chi connectivity index (χ2v) is 9.86. The van der Waals surface area contributed by atoms with Gasteiger partial charge in [0.25, 0.3) is 0 Å². The molecule has 1 unspecified atom stereocenters. The number of halogens is 3. The largest absolute Gasteiger partial charge is 0.383 e. The quantitative estimate of drug-likeness (QED) is 0.471. The first-order chi connectivity index (χ1) is 16.7. The van der Waals surface area contributed by atoms with Gasteiger partial charge in [0.05, 0.1) is 17.3 Å². The second kappa shape index (κ2) is 8.93. The van der Waals surface area contributed by atoms with E-state index in [4.69, 9.17) is 0 Å². The molecule has 3 heterocycles. The van der Waals surface area contributed by atoms with Gasteiger partial charge < -0.3 is 15.3 Å². The molecule has 3 aromatic rings. The summed E-state index contributed by atoms with van der Waals surface area (Å²) < 4.78 is 46.0. The van der Waals surface area contributed by atoms with E-state index in [2.05, 4.69) is 25.2 Å². The van der Waals surface area contributed by atoms with Gasteiger partial charge in [-0.1, -0.05) is 18.6 Å². The molecule has 5 rings (SSSR count). The Hall–Kier alpha value is -2.94. The molecular formula is C26H30F3N5O. The van der Waals surface area contributed by atoms with Crippen LogP contribution in [0.1, 0.15) is 56.0 Å². The molecule has 1 saturated carbocycles. The first-order valence-corrected chi connectivity index (χ1v) is 12.2. The van der Waals surface area contributed by atoms with Crippen molar-refractivity contribution in [2.75, 3.05) is 23.3 Å². The smallest absolute Gasteiger partial charge is 0.304 e. The summed E-state index contributed by atoms with van der Waals surface area (Å²) in [7, 11) is 0. The van der Waals surface area contributed by atoms with Gasteiger partial charge in [0.15, 0.2) is 0 Å². The van der Waals surface area contributed by atoms with E-state index in [-0.39, 0.29) is 12.1 Å². The summed E-state index contributed by atoms with van der Waals surface area (Å²) in [6, 6.07) is 5.84. The van der Waals surface area contributed by atoms with Crippen molar-refractivity contribution in [3.8, 4) is 0 Å². The molecule has 0 spiro atoms. The number of rotatable bonds is 7. The van der Waals surface area contributed by atoms with Crippen molar-refractivity contribution >= 4 is 22.5 Å². The van der Waals surface area contributed by atoms with E-state index in [1.807, 2.05) is 6.07 Å². The molecule has 9 heteroatoms. The van der Waals surface area contributed by atoms with Gasteiger partial charge in [0, 0.05) is 30.6 Å². The fourth-order valence-electron chi connectivity index (χ4n) is 5.03. The molecule has 186 valence electrons. The third-order valence-electron chi connectivity index (χ3n) is 7.51. The van der Waals surface area contributed by atoms with Crippen LogP contribution in [0.4, 0.5) is 24.8 Å². The Bertz CT molecular complexity index is 1240. The Morgan fingerprint density at radius 1 is 1.14 bits per heavy atom. The van der Waals surface area contributed by atoms with Gasteiger partial charge in [0.1, 0.15) is 28.9 Å². The van der Waals surface area contributed by atoms with Crippen molar-refractivity contribution in [1.29, 1.82) is 0 Å². The van der Waals surface area contributed by atoms with Gasteiger partial charge in [0.2, 0.25) is 0 Å². The van der Waals surface area contributed by atoms with Gasteiger partial charge in [-0.05, 0) is 57.6 Å². The van der Waals surface area contributed by atoms with Crippen LogP contribution in [0.2, 0.25) is 0 Å². The highest BCUT2D eigenvalue weighted by Gasteiger charge is 2.57. The number of aromatic nitrogens is 3. The van der Waals surface area contributed by atoms with Gasteiger partial charge in [-0.25, -0.2) is 19.3 Å². The van der Waals surface area contributed by atoms with Crippen LogP contribution < -0.4 is 10.2 Å². The van der Waals surface area contributed by atoms with Crippen molar-refractivity contribution in [3.63, 3.8) is 0 Å². The van der Waals surface area contributed by atoms with Crippen LogP contribution in [-0.4, -0.2) is 38.7 Å². The summed E-state index contributed by atoms with van der Waals surface area (Å²) in [4.78, 5) is 15.7. The third-order valence-corrected chi connectivity index (χ3v) is 7.51. The second-order valence-electron chi connectivity index (χ2n) is 9.86. The monoisotopic (exact) mass is 485 g/mol. The number of aryl methyl sites for hydroxylation is 1. The summed E-state index contributed by atoms with van der Waals surface area (Å²) >= 11 is 0. The van der Waals surface area contributed by atoms with Gasteiger partial charge in [-0.2, -0.15) is 8.78 Å². The van der Waals surface area contributed by atoms with E-state index in [0.29, 0.717) is 30.0 Å². The highest BCUT2D eigenvalue weighted by Crippen LogP contribution is 2.50. The number of nitrogens with zero attached hydrogens (tertiary/aromatic N) is 4. The van der Waals surface area contributed by atoms with Crippen LogP contribution in [-0.2, 0) is 12.5 Å². The minimum absolute atomic E-state index is 0.0474. The lowest BCUT2D eigenvalue weighted by atomic mass is 9.69. The lowest BCUT2D eigenvalue weighted by molar-refractivity contribution is -0.218. The predicted octanol–water partition coefficient (Wildman–Crippen LogP) is 5.33. The zero-order chi connectivity index (χ0) is 24.8. The standard InChI is InChI=1S/C26H30F3N5O/c1-16-32-21-15-30-22(34-11-3-4-12-34)13-19(21)24(33-16)31-14-17-7-5-10-20(23(17)27)26(28,29)25(2,35)18-8-6-9-18/h5,7,10,13,15,18,35H,3-4,6,8-9,11-12,14H2,1-2H3,(H,31,32,33). The summed E-state index contributed by atoms with van der Waals surface area (Å²) in [5.74, 6) is -3.43. The van der Waals surface area contributed by atoms with Crippen LogP contribution >= 0.6 is 0 Å². The number of aliphatic hydroxyl groups is 1. The molecule has 2 N–H and O–H groups in total. The first-order valence-electron chi connectivity index (χ1n) is 12.2. The number of hydrogen-bond donors (Lipinski definition) is 2. The molecule has 6 nitrogen and oxygen atoms in total. The zero-order valence-corrected chi connectivity index (χ0v) is 20.0. The third kappa shape index (κ3) is 4.20. The van der Waals surface area contributed by atoms with Gasteiger partial charge >= 0.3 is 5.92 Å². The summed E-state index contributed by atoms with van der Waals surface area (Å²) in [6.45, 7) is 4.69. The summed E-state index contributed by atoms with van der Waals surface area (Å²) in [6.07, 6.45) is 5.75. The number of nitrogens with one attached hydrogen (secondary N) is 1. The Labute approximate surface area is 202 Å². The van der Waals surface area contributed by atoms with Crippen molar-refractivity contribution < 1.29 is 18.3 Å². The molecule has 0 radical (unpaired) electrons. The molecular weight excluding hydrogens is 455 g/mol. The number of fused-ring (bicyclic) bond motifs is 1. The maximum Gasteiger partial charge on any atom is 0.304 e. The van der Waals surface area contributed by atoms with E-state index < -0.39 is 28.8 Å². The van der Waals surface area contributed by atoms with Crippen LogP contribution in [0.3, 0.4) is 0 Å². The van der Waals surface area contributed by atoms with Crippen molar-refractivity contribution in [3.05, 3.63) is 53.2 Å². The fourth-order valence-corrected chi connectivity index (χ4v) is 5.03. The maximum atomic E-state index is 15.4. The number of alkyl halides is 2. The molecule has 1 saturated heterocycles. The average molecular weight is 486 g/mol. The number of anilines is 2. The van der Waals surface area contributed by atoms with Crippen molar-refractivity contribution in [2.45, 2.75) is 64.0 Å². The molecule has 2 aromatic heterocycles. The Kier molecular flexibility index (Phi) is 6.07. The van der Waals surface area contributed by atoms with E-state index >= 15 is 13.2 Å². The lowest BCUT2D eigenvalue weighted by Crippen LogP contribution is -2.52. The number of hydrogen-bond acceptors (Lipinski definition) is 6. The molecule has 2 aliphatic rings. The first kappa shape index (κ1) is 23.8. The number of benzene rings is 1. The zero-order valence-electron chi connectivity index (χ0n) is 20.0. The summed E-state index contributed by atoms with van der Waals surface area (Å²) in [5, 5.41) is 14.5. The molecule has 0 amide bonds. The minimum atomic E-state index is -3.72. The molecule has 35 heavy (non-hydrogen) atoms. The Balaban J connectivity index is 1.44. The lowest BCUT2D eigenvalue weighted by Gasteiger charge is -2.43. The van der Waals surface area contributed by atoms with Crippen LogP contribution in [0.5, 0.6) is 0 Å². The Morgan fingerprint density at radius 3 is 2.57 bits per heavy atom. The maximum absolute atomic E-state index is 15.4. The molecule has 1 atom stereocenters. The van der Waals surface area contributed by atoms with Gasteiger partial charge in [-0.15, -0.1) is 0 Å². The van der Waals surface area contributed by atoms with Crippen molar-refractivity contribution in [2.24, 2.45) is 5.92 Å². The van der Waals surface area contributed by atoms with E-state index in [0.717, 1.165) is 56.5 Å². The van der Waals surface area contributed by atoms with Crippen LogP contribution in [0, 0.1) is 18.7 Å². The molecule has 1 aliphatic heterocycles. The van der Waals surface area contributed by atoms with Gasteiger partial charge in [-0.3, -0.25) is 0 Å². The van der Waals surface area contributed by atoms with Crippen LogP contribution in [0.15, 0.2) is 30.5 Å². The Morgan fingerprint density at radius 2 is 1.89 bits per heavy atom. The number of pyridine rings is 1. The van der Waals surface area contributed by atoms with Crippen molar-refractivity contribution in [1.82, 2.24) is 15.0 Å². The molecule has 1 aromatic carbocycles. The predicted molar refractivity (Wildman–Crippen MR) is 129 cm³/mol. The fraction of sp³-hybridized carbons (Fsp3) is 0.500. The molecule has 2 fully saturated rings. The minimum Gasteiger partial charge on any atom is -0.383 e. The highest BCUT2D eigenvalue weighted by atomic mass is 19.3. The van der Waals surface area contributed by atoms with E-state index in [9.17, 15) is 5.11 Å². The summed E-state index contributed by atoms with van der Waals surface area (Å²) in [5.41, 5.74) is -2.36. The molecule has 0 bridgehead atoms. The SMILES string of the molecule is Cc1nc(NCc2cccc(C(F)(F)C(C)(O)C3CCC3)c2F)c2cc(N3CCCC3)ncc2n1. The molecule has 1 aliphatic carbocycles. The highest BCUT2D eigenvalue weighted by molar-refractivity contribution is 5.90. The van der Waals surface area contributed by atoms with E-state index in [1.54, 1.807) is 13.1 Å². The topological polar surface area (TPSA) is 74.2 Å².